The van der Waals surface area contributed by atoms with Crippen LogP contribution in [0.25, 0.3) is 0 Å². The highest BCUT2D eigenvalue weighted by Crippen LogP contribution is 2.26. The molecule has 1 aromatic carbocycles. The van der Waals surface area contributed by atoms with Crippen LogP contribution in [0, 0.1) is 6.92 Å². The summed E-state index contributed by atoms with van der Waals surface area (Å²) >= 11 is 0. The van der Waals surface area contributed by atoms with Crippen molar-refractivity contribution in [1.29, 1.82) is 0 Å². The van der Waals surface area contributed by atoms with Gasteiger partial charge in [0.05, 0.1) is 0 Å². The second-order valence-electron chi connectivity index (χ2n) is 5.09. The molecule has 1 unspecified atom stereocenters. The average molecular weight is 285 g/mol. The van der Waals surface area contributed by atoms with Gasteiger partial charge in [-0.15, -0.1) is 0 Å². The van der Waals surface area contributed by atoms with Crippen molar-refractivity contribution < 1.29 is 14.6 Å². The number of nitrogens with zero attached hydrogens (tertiary/aromatic N) is 1. The Bertz CT molecular complexity index is 635. The molecule has 0 aliphatic heterocycles. The maximum Gasteiger partial charge on any atom is 0.341 e. The first-order valence-electron chi connectivity index (χ1n) is 7.00. The van der Waals surface area contributed by atoms with Gasteiger partial charge in [0.25, 0.3) is 0 Å². The molecule has 0 spiro atoms. The van der Waals surface area contributed by atoms with Gasteiger partial charge in [0.1, 0.15) is 11.3 Å². The highest BCUT2D eigenvalue weighted by molar-refractivity contribution is 5.90. The van der Waals surface area contributed by atoms with Gasteiger partial charge in [-0.3, -0.25) is 0 Å². The zero-order valence-corrected chi connectivity index (χ0v) is 12.5. The van der Waals surface area contributed by atoms with E-state index in [-0.39, 0.29) is 11.4 Å². The lowest BCUT2D eigenvalue weighted by Gasteiger charge is -2.11. The molecule has 21 heavy (non-hydrogen) atoms. The van der Waals surface area contributed by atoms with Gasteiger partial charge in [0, 0.05) is 5.69 Å². The zero-order chi connectivity index (χ0) is 15.4. The van der Waals surface area contributed by atoms with Crippen molar-refractivity contribution in [1.82, 2.24) is 4.98 Å². The fraction of sp³-hybridized carbons (Fsp3) is 0.294. The van der Waals surface area contributed by atoms with Gasteiger partial charge in [-0.25, -0.2) is 9.78 Å². The predicted octanol–water partition coefficient (Wildman–Crippen LogP) is 4.39. The lowest BCUT2D eigenvalue weighted by Crippen LogP contribution is -2.03. The summed E-state index contributed by atoms with van der Waals surface area (Å²) in [5, 5.41) is 9.16. The van der Waals surface area contributed by atoms with E-state index < -0.39 is 5.97 Å². The van der Waals surface area contributed by atoms with E-state index in [4.69, 9.17) is 9.84 Å². The van der Waals surface area contributed by atoms with Crippen molar-refractivity contribution >= 4 is 5.97 Å². The van der Waals surface area contributed by atoms with E-state index in [1.165, 1.54) is 11.6 Å². The Labute approximate surface area is 124 Å². The van der Waals surface area contributed by atoms with E-state index in [1.54, 1.807) is 13.0 Å². The molecule has 2 rings (SSSR count). The normalized spacial score (nSPS) is 12.0. The SMILES string of the molecule is CCC(C)c1ccc(Oc2nc(C)ccc2C(=O)O)cc1. The molecule has 1 atom stereocenters. The number of hydrogen-bond acceptors (Lipinski definition) is 3. The van der Waals surface area contributed by atoms with Gasteiger partial charge in [-0.05, 0) is 49.1 Å². The van der Waals surface area contributed by atoms with Crippen molar-refractivity contribution in [2.45, 2.75) is 33.1 Å². The molecule has 0 aliphatic rings. The number of carbonyl (C=O) groups is 1. The lowest BCUT2D eigenvalue weighted by molar-refractivity contribution is 0.0693. The second kappa shape index (κ2) is 6.39. The number of benzene rings is 1. The molecule has 1 N–H and O–H groups in total. The van der Waals surface area contributed by atoms with Crippen molar-refractivity contribution in [3.63, 3.8) is 0 Å². The number of ether oxygens (including phenoxy) is 1. The van der Waals surface area contributed by atoms with Crippen LogP contribution >= 0.6 is 0 Å². The molecule has 0 saturated heterocycles. The molecule has 1 heterocycles. The minimum absolute atomic E-state index is 0.0617. The summed E-state index contributed by atoms with van der Waals surface area (Å²) in [5.74, 6) is 0.154. The summed E-state index contributed by atoms with van der Waals surface area (Å²) in [6.07, 6.45) is 1.07. The number of pyridine rings is 1. The Hall–Kier alpha value is -2.36. The van der Waals surface area contributed by atoms with Crippen LogP contribution in [0.15, 0.2) is 36.4 Å². The minimum atomic E-state index is -1.05. The van der Waals surface area contributed by atoms with Crippen molar-refractivity contribution in [3.05, 3.63) is 53.2 Å². The van der Waals surface area contributed by atoms with Gasteiger partial charge < -0.3 is 9.84 Å². The van der Waals surface area contributed by atoms with Crippen LogP contribution in [-0.4, -0.2) is 16.1 Å². The molecule has 0 aliphatic carbocycles. The molecule has 1 aromatic heterocycles. The smallest absolute Gasteiger partial charge is 0.341 e. The fourth-order valence-corrected chi connectivity index (χ4v) is 1.99. The largest absolute Gasteiger partial charge is 0.477 e. The Morgan fingerprint density at radius 2 is 1.90 bits per heavy atom. The molecule has 0 bridgehead atoms. The molecule has 0 radical (unpaired) electrons. The molecular weight excluding hydrogens is 266 g/mol. The van der Waals surface area contributed by atoms with E-state index in [2.05, 4.69) is 18.8 Å². The Kier molecular flexibility index (Phi) is 4.58. The van der Waals surface area contributed by atoms with E-state index in [9.17, 15) is 4.79 Å². The van der Waals surface area contributed by atoms with Crippen LogP contribution in [0.3, 0.4) is 0 Å². The number of aryl methyl sites for hydroxylation is 1. The predicted molar refractivity (Wildman–Crippen MR) is 81.2 cm³/mol. The van der Waals surface area contributed by atoms with Crippen molar-refractivity contribution in [3.8, 4) is 11.6 Å². The van der Waals surface area contributed by atoms with Gasteiger partial charge in [-0.2, -0.15) is 0 Å². The van der Waals surface area contributed by atoms with Crippen LogP contribution in [0.1, 0.15) is 47.8 Å². The topological polar surface area (TPSA) is 59.4 Å². The number of carboxylic acid groups (broad SMARTS) is 1. The van der Waals surface area contributed by atoms with Crippen LogP contribution in [0.4, 0.5) is 0 Å². The van der Waals surface area contributed by atoms with Crippen molar-refractivity contribution in [2.24, 2.45) is 0 Å². The second-order valence-corrected chi connectivity index (χ2v) is 5.09. The summed E-state index contributed by atoms with van der Waals surface area (Å²) in [6, 6.07) is 10.9. The Morgan fingerprint density at radius 3 is 2.48 bits per heavy atom. The maximum absolute atomic E-state index is 11.2. The third-order valence-electron chi connectivity index (χ3n) is 3.51. The summed E-state index contributed by atoms with van der Waals surface area (Å²) in [5.41, 5.74) is 2.01. The molecule has 0 saturated carbocycles. The Balaban J connectivity index is 2.26. The molecule has 4 heteroatoms. The summed E-state index contributed by atoms with van der Waals surface area (Å²) < 4.78 is 5.63. The standard InChI is InChI=1S/C17H19NO3/c1-4-11(2)13-6-8-14(9-7-13)21-16-15(17(19)20)10-5-12(3)18-16/h5-11H,4H2,1-3H3,(H,19,20). The van der Waals surface area contributed by atoms with Gasteiger partial charge in [-0.1, -0.05) is 26.0 Å². The zero-order valence-electron chi connectivity index (χ0n) is 12.5. The lowest BCUT2D eigenvalue weighted by atomic mass is 9.99. The molecule has 0 amide bonds. The summed E-state index contributed by atoms with van der Waals surface area (Å²) in [7, 11) is 0. The minimum Gasteiger partial charge on any atom is -0.477 e. The van der Waals surface area contributed by atoms with Crippen LogP contribution in [0.2, 0.25) is 0 Å². The quantitative estimate of drug-likeness (QED) is 0.884. The fourth-order valence-electron chi connectivity index (χ4n) is 1.99. The third-order valence-corrected chi connectivity index (χ3v) is 3.51. The van der Waals surface area contributed by atoms with Gasteiger partial charge in [0.2, 0.25) is 5.88 Å². The number of aromatic nitrogens is 1. The number of aromatic carboxylic acids is 1. The van der Waals surface area contributed by atoms with Crippen LogP contribution in [0.5, 0.6) is 11.6 Å². The summed E-state index contributed by atoms with van der Waals surface area (Å²) in [6.45, 7) is 6.11. The van der Waals surface area contributed by atoms with E-state index in [0.29, 0.717) is 17.4 Å². The van der Waals surface area contributed by atoms with Crippen LogP contribution in [-0.2, 0) is 0 Å². The van der Waals surface area contributed by atoms with Crippen molar-refractivity contribution in [2.75, 3.05) is 0 Å². The van der Waals surface area contributed by atoms with E-state index in [0.717, 1.165) is 6.42 Å². The first-order chi connectivity index (χ1) is 10.0. The highest BCUT2D eigenvalue weighted by Gasteiger charge is 2.14. The average Bonchev–Trinajstić information content (AvgIpc) is 2.47. The maximum atomic E-state index is 11.2. The molecular formula is C17H19NO3. The monoisotopic (exact) mass is 285 g/mol. The first-order valence-corrected chi connectivity index (χ1v) is 7.00. The molecule has 110 valence electrons. The van der Waals surface area contributed by atoms with Crippen LogP contribution < -0.4 is 4.74 Å². The third kappa shape index (κ3) is 3.60. The molecule has 2 aromatic rings. The number of rotatable bonds is 5. The van der Waals surface area contributed by atoms with Gasteiger partial charge in [0.15, 0.2) is 0 Å². The van der Waals surface area contributed by atoms with E-state index in [1.807, 2.05) is 24.3 Å². The summed E-state index contributed by atoms with van der Waals surface area (Å²) in [4.78, 5) is 15.3. The molecule has 4 nitrogen and oxygen atoms in total. The highest BCUT2D eigenvalue weighted by atomic mass is 16.5. The Morgan fingerprint density at radius 1 is 1.24 bits per heavy atom. The van der Waals surface area contributed by atoms with Gasteiger partial charge >= 0.3 is 5.97 Å². The number of hydrogen-bond donors (Lipinski definition) is 1. The van der Waals surface area contributed by atoms with E-state index >= 15 is 0 Å². The molecule has 0 fully saturated rings. The first kappa shape index (κ1) is 15.0. The number of carboxylic acids is 1.